The van der Waals surface area contributed by atoms with Crippen molar-refractivity contribution in [1.82, 2.24) is 30.3 Å². The highest BCUT2D eigenvalue weighted by Gasteiger charge is 2.10. The molecule has 1 saturated heterocycles. The van der Waals surface area contributed by atoms with Crippen LogP contribution in [0.5, 0.6) is 5.75 Å². The van der Waals surface area contributed by atoms with Gasteiger partial charge in [0.15, 0.2) is 11.8 Å². The Bertz CT molecular complexity index is 860. The Morgan fingerprint density at radius 1 is 1.19 bits per heavy atom. The van der Waals surface area contributed by atoms with E-state index in [4.69, 9.17) is 14.5 Å². The van der Waals surface area contributed by atoms with Gasteiger partial charge in [0.25, 0.3) is 0 Å². The zero-order valence-electron chi connectivity index (χ0n) is 19.1. The molecule has 9 heteroatoms. The standard InChI is InChI=1S/C22H35N7O2/c1-17-6-7-19(20(14-17)30-4)15-24-22(25-16-21-27-26-18(2)28(21)3)23-8-5-9-29-10-12-31-13-11-29/h6-7,14H,5,8-13,15-16H2,1-4H3,(H2,23,24,25). The molecule has 170 valence electrons. The largest absolute Gasteiger partial charge is 0.496 e. The van der Waals surface area contributed by atoms with Crippen LogP contribution in [0, 0.1) is 13.8 Å². The summed E-state index contributed by atoms with van der Waals surface area (Å²) >= 11 is 0. The molecule has 0 spiro atoms. The Morgan fingerprint density at radius 2 is 2.00 bits per heavy atom. The molecule has 0 atom stereocenters. The summed E-state index contributed by atoms with van der Waals surface area (Å²) in [6.45, 7) is 10.7. The van der Waals surface area contributed by atoms with Gasteiger partial charge in [-0.05, 0) is 38.4 Å². The van der Waals surface area contributed by atoms with Crippen LogP contribution in [0.25, 0.3) is 0 Å². The molecule has 0 aliphatic carbocycles. The lowest BCUT2D eigenvalue weighted by Crippen LogP contribution is -2.40. The number of morpholine rings is 1. The Balaban J connectivity index is 1.59. The van der Waals surface area contributed by atoms with E-state index < -0.39 is 0 Å². The lowest BCUT2D eigenvalue weighted by Gasteiger charge is -2.26. The number of methoxy groups -OCH3 is 1. The van der Waals surface area contributed by atoms with E-state index in [9.17, 15) is 0 Å². The summed E-state index contributed by atoms with van der Waals surface area (Å²) in [5, 5.41) is 15.2. The van der Waals surface area contributed by atoms with E-state index >= 15 is 0 Å². The zero-order valence-corrected chi connectivity index (χ0v) is 19.1. The van der Waals surface area contributed by atoms with E-state index in [1.54, 1.807) is 7.11 Å². The van der Waals surface area contributed by atoms with Crippen molar-refractivity contribution in [2.75, 3.05) is 46.5 Å². The fourth-order valence-electron chi connectivity index (χ4n) is 3.42. The molecule has 0 radical (unpaired) electrons. The highest BCUT2D eigenvalue weighted by molar-refractivity contribution is 5.79. The van der Waals surface area contributed by atoms with E-state index in [0.29, 0.717) is 13.1 Å². The van der Waals surface area contributed by atoms with Gasteiger partial charge in [0.1, 0.15) is 11.6 Å². The highest BCUT2D eigenvalue weighted by atomic mass is 16.5. The molecule has 0 amide bonds. The van der Waals surface area contributed by atoms with Gasteiger partial charge in [0, 0.05) is 32.2 Å². The van der Waals surface area contributed by atoms with Crippen LogP contribution in [0.2, 0.25) is 0 Å². The van der Waals surface area contributed by atoms with Gasteiger partial charge in [-0.2, -0.15) is 0 Å². The summed E-state index contributed by atoms with van der Waals surface area (Å²) in [7, 11) is 3.66. The number of benzene rings is 1. The van der Waals surface area contributed by atoms with Gasteiger partial charge in [-0.15, -0.1) is 10.2 Å². The molecule has 0 unspecified atom stereocenters. The van der Waals surface area contributed by atoms with E-state index in [1.165, 1.54) is 5.56 Å². The van der Waals surface area contributed by atoms with Crippen molar-refractivity contribution < 1.29 is 9.47 Å². The molecule has 1 aromatic carbocycles. The normalized spacial score (nSPS) is 15.2. The summed E-state index contributed by atoms with van der Waals surface area (Å²) < 4.78 is 12.9. The number of aliphatic imine (C=N–C) groups is 1. The first-order chi connectivity index (χ1) is 15.1. The van der Waals surface area contributed by atoms with E-state index in [-0.39, 0.29) is 0 Å². The SMILES string of the molecule is COc1cc(C)ccc1CN=C(NCCCN1CCOCC1)NCc1nnc(C)n1C. The molecule has 1 aliphatic rings. The van der Waals surface area contributed by atoms with Crippen molar-refractivity contribution in [2.45, 2.75) is 33.4 Å². The predicted octanol–water partition coefficient (Wildman–Crippen LogP) is 1.40. The maximum absolute atomic E-state index is 5.52. The summed E-state index contributed by atoms with van der Waals surface area (Å²) in [4.78, 5) is 7.23. The monoisotopic (exact) mass is 429 g/mol. The van der Waals surface area contributed by atoms with Crippen LogP contribution >= 0.6 is 0 Å². The molecule has 1 aliphatic heterocycles. The Labute approximate surface area is 184 Å². The van der Waals surface area contributed by atoms with E-state index in [1.807, 2.05) is 24.6 Å². The molecule has 9 nitrogen and oxygen atoms in total. The Kier molecular flexibility index (Phi) is 8.66. The van der Waals surface area contributed by atoms with Gasteiger partial charge >= 0.3 is 0 Å². The number of rotatable bonds is 9. The molecule has 1 fully saturated rings. The fourth-order valence-corrected chi connectivity index (χ4v) is 3.42. The molecular weight excluding hydrogens is 394 g/mol. The minimum absolute atomic E-state index is 0.528. The number of aryl methyl sites for hydroxylation is 2. The van der Waals surface area contributed by atoms with Crippen molar-refractivity contribution in [3.8, 4) is 5.75 Å². The summed E-state index contributed by atoms with van der Waals surface area (Å²) in [5.74, 6) is 3.37. The van der Waals surface area contributed by atoms with Crippen molar-refractivity contribution in [1.29, 1.82) is 0 Å². The second-order valence-corrected chi connectivity index (χ2v) is 7.79. The van der Waals surface area contributed by atoms with Crippen molar-refractivity contribution in [2.24, 2.45) is 12.0 Å². The van der Waals surface area contributed by atoms with Gasteiger partial charge in [-0.3, -0.25) is 4.90 Å². The van der Waals surface area contributed by atoms with Crippen LogP contribution in [0.15, 0.2) is 23.2 Å². The topological polar surface area (TPSA) is 88.8 Å². The smallest absolute Gasteiger partial charge is 0.191 e. The molecular formula is C22H35N7O2. The number of hydrogen-bond acceptors (Lipinski definition) is 6. The minimum Gasteiger partial charge on any atom is -0.496 e. The molecule has 2 heterocycles. The Morgan fingerprint density at radius 3 is 2.71 bits per heavy atom. The summed E-state index contributed by atoms with van der Waals surface area (Å²) in [6.07, 6.45) is 1.04. The number of ether oxygens (including phenoxy) is 2. The molecule has 31 heavy (non-hydrogen) atoms. The van der Waals surface area contributed by atoms with Gasteiger partial charge in [-0.25, -0.2) is 4.99 Å². The summed E-state index contributed by atoms with van der Waals surface area (Å²) in [6, 6.07) is 6.19. The average molecular weight is 430 g/mol. The molecule has 0 saturated carbocycles. The van der Waals surface area contributed by atoms with E-state index in [0.717, 1.165) is 74.7 Å². The van der Waals surface area contributed by atoms with Crippen molar-refractivity contribution >= 4 is 5.96 Å². The number of nitrogens with zero attached hydrogens (tertiary/aromatic N) is 5. The lowest BCUT2D eigenvalue weighted by atomic mass is 10.1. The average Bonchev–Trinajstić information content (AvgIpc) is 3.11. The predicted molar refractivity (Wildman–Crippen MR) is 121 cm³/mol. The zero-order chi connectivity index (χ0) is 22.1. The number of nitrogens with one attached hydrogen (secondary N) is 2. The third-order valence-electron chi connectivity index (χ3n) is 5.49. The second-order valence-electron chi connectivity index (χ2n) is 7.79. The number of hydrogen-bond donors (Lipinski definition) is 2. The van der Waals surface area contributed by atoms with Gasteiger partial charge in [-0.1, -0.05) is 12.1 Å². The third-order valence-corrected chi connectivity index (χ3v) is 5.49. The molecule has 3 rings (SSSR count). The van der Waals surface area contributed by atoms with Gasteiger partial charge in [0.2, 0.25) is 0 Å². The maximum Gasteiger partial charge on any atom is 0.191 e. The number of guanidine groups is 1. The van der Waals surface area contributed by atoms with Crippen molar-refractivity contribution in [3.63, 3.8) is 0 Å². The second kappa shape index (κ2) is 11.7. The lowest BCUT2D eigenvalue weighted by molar-refractivity contribution is 0.0376. The highest BCUT2D eigenvalue weighted by Crippen LogP contribution is 2.20. The van der Waals surface area contributed by atoms with Gasteiger partial charge in [0.05, 0.1) is 33.4 Å². The molecule has 1 aromatic heterocycles. The third kappa shape index (κ3) is 6.93. The first kappa shape index (κ1) is 23.0. The van der Waals surface area contributed by atoms with Gasteiger partial charge < -0.3 is 24.7 Å². The quantitative estimate of drug-likeness (QED) is 0.354. The van der Waals surface area contributed by atoms with Crippen LogP contribution in [0.1, 0.15) is 29.2 Å². The Hall–Kier alpha value is -2.65. The number of aromatic nitrogens is 3. The maximum atomic E-state index is 5.52. The minimum atomic E-state index is 0.528. The van der Waals surface area contributed by atoms with Crippen LogP contribution in [-0.4, -0.2) is 72.1 Å². The molecule has 0 bridgehead atoms. The molecule has 2 N–H and O–H groups in total. The first-order valence-corrected chi connectivity index (χ1v) is 10.9. The van der Waals surface area contributed by atoms with Crippen molar-refractivity contribution in [3.05, 3.63) is 41.0 Å². The first-order valence-electron chi connectivity index (χ1n) is 10.9. The summed E-state index contributed by atoms with van der Waals surface area (Å²) in [5.41, 5.74) is 2.22. The molecule has 2 aromatic rings. The van der Waals surface area contributed by atoms with E-state index in [2.05, 4.69) is 44.8 Å². The fraction of sp³-hybridized carbons (Fsp3) is 0.591. The van der Waals surface area contributed by atoms with Crippen LogP contribution in [0.3, 0.4) is 0 Å². The van der Waals surface area contributed by atoms with Crippen LogP contribution in [0.4, 0.5) is 0 Å². The van der Waals surface area contributed by atoms with Crippen LogP contribution in [-0.2, 0) is 24.9 Å². The van der Waals surface area contributed by atoms with Crippen LogP contribution < -0.4 is 15.4 Å².